The number of hydrogen-bond acceptors (Lipinski definition) is 3. The smallest absolute Gasteiger partial charge is 0.191 e. The highest BCUT2D eigenvalue weighted by Crippen LogP contribution is 2.08. The van der Waals surface area contributed by atoms with Crippen LogP contribution in [0.5, 0.6) is 5.75 Å². The van der Waals surface area contributed by atoms with Crippen molar-refractivity contribution in [2.75, 3.05) is 20.2 Å². The van der Waals surface area contributed by atoms with Crippen LogP contribution in [0.25, 0.3) is 0 Å². The van der Waals surface area contributed by atoms with Gasteiger partial charge in [0, 0.05) is 19.8 Å². The summed E-state index contributed by atoms with van der Waals surface area (Å²) in [7, 11) is 1.67. The molecule has 0 aliphatic rings. The molecule has 5 nitrogen and oxygen atoms in total. The molecular weight excluding hydrogens is 295 g/mol. The first-order valence-corrected chi connectivity index (χ1v) is 7.51. The number of nitrogens with one attached hydrogen (secondary N) is 2. The third kappa shape index (κ3) is 5.94. The summed E-state index contributed by atoms with van der Waals surface area (Å²) in [6.07, 6.45) is 2.39. The molecule has 2 N–H and O–H groups in total. The number of pyridine rings is 1. The molecule has 0 amide bonds. The van der Waals surface area contributed by atoms with Crippen LogP contribution in [0.1, 0.15) is 12.1 Å². The van der Waals surface area contributed by atoms with Crippen LogP contribution in [0.2, 0.25) is 0 Å². The summed E-state index contributed by atoms with van der Waals surface area (Å²) >= 11 is 0. The predicted molar refractivity (Wildman–Crippen MR) is 89.0 cm³/mol. The Balaban J connectivity index is 1.64. The maximum absolute atomic E-state index is 13.5. The fraction of sp³-hybridized carbons (Fsp3) is 0.294. The number of rotatable bonds is 7. The SMILES string of the molecule is CN=C(NCCCOc1ccccc1)NCc1ncccc1F. The van der Waals surface area contributed by atoms with Gasteiger partial charge in [-0.25, -0.2) is 4.39 Å². The topological polar surface area (TPSA) is 58.5 Å². The number of ether oxygens (including phenoxy) is 1. The normalized spacial score (nSPS) is 11.1. The van der Waals surface area contributed by atoms with Crippen LogP contribution >= 0.6 is 0 Å². The van der Waals surface area contributed by atoms with E-state index in [0.717, 1.165) is 12.2 Å². The Kier molecular flexibility index (Phi) is 6.84. The average Bonchev–Trinajstić information content (AvgIpc) is 2.59. The summed E-state index contributed by atoms with van der Waals surface area (Å²) in [6, 6.07) is 12.6. The monoisotopic (exact) mass is 316 g/mol. The lowest BCUT2D eigenvalue weighted by Crippen LogP contribution is -2.38. The largest absolute Gasteiger partial charge is 0.494 e. The zero-order valence-electron chi connectivity index (χ0n) is 13.1. The Labute approximate surface area is 135 Å². The van der Waals surface area contributed by atoms with Crippen LogP contribution in [0.4, 0.5) is 4.39 Å². The van der Waals surface area contributed by atoms with Crippen molar-refractivity contribution >= 4 is 5.96 Å². The van der Waals surface area contributed by atoms with Crippen LogP contribution in [0.3, 0.4) is 0 Å². The van der Waals surface area contributed by atoms with Crippen LogP contribution in [0.15, 0.2) is 53.7 Å². The highest BCUT2D eigenvalue weighted by molar-refractivity contribution is 5.79. The van der Waals surface area contributed by atoms with Gasteiger partial charge in [-0.3, -0.25) is 9.98 Å². The van der Waals surface area contributed by atoms with Gasteiger partial charge in [0.15, 0.2) is 5.96 Å². The van der Waals surface area contributed by atoms with E-state index in [1.807, 2.05) is 30.3 Å². The highest BCUT2D eigenvalue weighted by atomic mass is 19.1. The fourth-order valence-electron chi connectivity index (χ4n) is 1.92. The second-order valence-corrected chi connectivity index (χ2v) is 4.80. The van der Waals surface area contributed by atoms with E-state index in [1.54, 1.807) is 19.3 Å². The van der Waals surface area contributed by atoms with Gasteiger partial charge in [0.05, 0.1) is 18.8 Å². The average molecular weight is 316 g/mol. The molecule has 0 unspecified atom stereocenters. The van der Waals surface area contributed by atoms with E-state index in [-0.39, 0.29) is 12.4 Å². The molecule has 0 bridgehead atoms. The van der Waals surface area contributed by atoms with Crippen molar-refractivity contribution in [3.05, 3.63) is 60.2 Å². The maximum atomic E-state index is 13.5. The minimum Gasteiger partial charge on any atom is -0.494 e. The van der Waals surface area contributed by atoms with Crippen molar-refractivity contribution in [2.45, 2.75) is 13.0 Å². The Morgan fingerprint density at radius 3 is 2.74 bits per heavy atom. The molecule has 0 fully saturated rings. The minimum atomic E-state index is -0.327. The van der Waals surface area contributed by atoms with E-state index in [9.17, 15) is 4.39 Å². The fourth-order valence-corrected chi connectivity index (χ4v) is 1.92. The molecule has 0 aliphatic heterocycles. The second-order valence-electron chi connectivity index (χ2n) is 4.80. The van der Waals surface area contributed by atoms with Gasteiger partial charge in [-0.15, -0.1) is 0 Å². The van der Waals surface area contributed by atoms with Crippen LogP contribution in [-0.4, -0.2) is 31.1 Å². The molecule has 122 valence electrons. The zero-order valence-corrected chi connectivity index (χ0v) is 13.1. The molecule has 0 spiro atoms. The lowest BCUT2D eigenvalue weighted by molar-refractivity contribution is 0.311. The van der Waals surface area contributed by atoms with Gasteiger partial charge in [-0.05, 0) is 30.7 Å². The van der Waals surface area contributed by atoms with Crippen molar-refractivity contribution in [1.29, 1.82) is 0 Å². The maximum Gasteiger partial charge on any atom is 0.191 e. The number of hydrogen-bond donors (Lipinski definition) is 2. The molecule has 0 saturated carbocycles. The first-order chi connectivity index (χ1) is 11.3. The van der Waals surface area contributed by atoms with E-state index in [4.69, 9.17) is 4.74 Å². The first kappa shape index (κ1) is 16.7. The molecule has 6 heteroatoms. The molecular formula is C17H21FN4O. The number of halogens is 1. The van der Waals surface area contributed by atoms with Gasteiger partial charge in [-0.2, -0.15) is 0 Å². The van der Waals surface area contributed by atoms with E-state index in [0.29, 0.717) is 24.8 Å². The second kappa shape index (κ2) is 9.40. The number of aliphatic imine (C=N–C) groups is 1. The number of aromatic nitrogens is 1. The molecule has 0 aliphatic carbocycles. The van der Waals surface area contributed by atoms with Crippen molar-refractivity contribution in [1.82, 2.24) is 15.6 Å². The van der Waals surface area contributed by atoms with Gasteiger partial charge >= 0.3 is 0 Å². The molecule has 0 atom stereocenters. The third-order valence-corrected chi connectivity index (χ3v) is 3.11. The Morgan fingerprint density at radius 2 is 2.00 bits per heavy atom. The summed E-state index contributed by atoms with van der Waals surface area (Å²) in [4.78, 5) is 8.08. The Morgan fingerprint density at radius 1 is 1.17 bits per heavy atom. The van der Waals surface area contributed by atoms with Crippen LogP contribution < -0.4 is 15.4 Å². The predicted octanol–water partition coefficient (Wildman–Crippen LogP) is 2.35. The molecule has 2 aromatic rings. The van der Waals surface area contributed by atoms with Crippen molar-refractivity contribution in [3.63, 3.8) is 0 Å². The molecule has 1 heterocycles. The Hall–Kier alpha value is -2.63. The number of benzene rings is 1. The number of nitrogens with zero attached hydrogens (tertiary/aromatic N) is 2. The molecule has 0 radical (unpaired) electrons. The van der Waals surface area contributed by atoms with Crippen LogP contribution in [0, 0.1) is 5.82 Å². The summed E-state index contributed by atoms with van der Waals surface area (Å²) in [6.45, 7) is 1.60. The molecule has 23 heavy (non-hydrogen) atoms. The number of para-hydroxylation sites is 1. The summed E-state index contributed by atoms with van der Waals surface area (Å²) in [5.41, 5.74) is 0.364. The van der Waals surface area contributed by atoms with Gasteiger partial charge in [0.25, 0.3) is 0 Å². The number of guanidine groups is 1. The standard InChI is InChI=1S/C17H21FN4O/c1-19-17(22-13-16-15(18)9-5-10-20-16)21-11-6-12-23-14-7-3-2-4-8-14/h2-5,7-10H,6,11-13H2,1H3,(H2,19,21,22). The first-order valence-electron chi connectivity index (χ1n) is 7.51. The summed E-state index contributed by atoms with van der Waals surface area (Å²) < 4.78 is 19.1. The quantitative estimate of drug-likeness (QED) is 0.468. The Bertz CT molecular complexity index is 619. The van der Waals surface area contributed by atoms with E-state index < -0.39 is 0 Å². The van der Waals surface area contributed by atoms with Crippen molar-refractivity contribution < 1.29 is 9.13 Å². The van der Waals surface area contributed by atoms with E-state index in [2.05, 4.69) is 20.6 Å². The lowest BCUT2D eigenvalue weighted by Gasteiger charge is -2.12. The molecule has 2 rings (SSSR count). The lowest BCUT2D eigenvalue weighted by atomic mass is 10.3. The van der Waals surface area contributed by atoms with Gasteiger partial charge in [0.1, 0.15) is 11.6 Å². The van der Waals surface area contributed by atoms with Crippen molar-refractivity contribution in [2.24, 2.45) is 4.99 Å². The molecule has 1 aromatic heterocycles. The zero-order chi connectivity index (χ0) is 16.3. The van der Waals surface area contributed by atoms with Crippen molar-refractivity contribution in [3.8, 4) is 5.75 Å². The highest BCUT2D eigenvalue weighted by Gasteiger charge is 2.03. The van der Waals surface area contributed by atoms with E-state index in [1.165, 1.54) is 6.07 Å². The minimum absolute atomic E-state index is 0.285. The van der Waals surface area contributed by atoms with Gasteiger partial charge < -0.3 is 15.4 Å². The summed E-state index contributed by atoms with van der Waals surface area (Å²) in [5.74, 6) is 1.14. The van der Waals surface area contributed by atoms with Crippen LogP contribution in [-0.2, 0) is 6.54 Å². The summed E-state index contributed by atoms with van der Waals surface area (Å²) in [5, 5.41) is 6.18. The third-order valence-electron chi connectivity index (χ3n) is 3.11. The van der Waals surface area contributed by atoms with Gasteiger partial charge in [0.2, 0.25) is 0 Å². The van der Waals surface area contributed by atoms with E-state index >= 15 is 0 Å². The molecule has 1 aromatic carbocycles. The molecule has 0 saturated heterocycles. The van der Waals surface area contributed by atoms with Gasteiger partial charge in [-0.1, -0.05) is 18.2 Å².